The van der Waals surface area contributed by atoms with Crippen molar-refractivity contribution in [3.8, 4) is 0 Å². The molecule has 96 valence electrons. The molecular formula is C14H20N4. The SMILES string of the molecule is CCCN(c1nc2ccccc2n1C)C1CNC1. The number of aryl methyl sites for hydroxylation is 1. The summed E-state index contributed by atoms with van der Waals surface area (Å²) in [6.45, 7) is 5.44. The van der Waals surface area contributed by atoms with E-state index in [0.29, 0.717) is 6.04 Å². The summed E-state index contributed by atoms with van der Waals surface area (Å²) in [4.78, 5) is 7.24. The lowest BCUT2D eigenvalue weighted by Gasteiger charge is -2.38. The molecule has 2 heterocycles. The highest BCUT2D eigenvalue weighted by molar-refractivity contribution is 5.78. The van der Waals surface area contributed by atoms with Gasteiger partial charge in [-0.15, -0.1) is 0 Å². The Hall–Kier alpha value is -1.55. The molecule has 1 saturated heterocycles. The van der Waals surface area contributed by atoms with Crippen LogP contribution in [0.1, 0.15) is 13.3 Å². The van der Waals surface area contributed by atoms with Crippen molar-refractivity contribution in [1.29, 1.82) is 0 Å². The van der Waals surface area contributed by atoms with Gasteiger partial charge in [0, 0.05) is 26.7 Å². The Morgan fingerprint density at radius 3 is 2.78 bits per heavy atom. The lowest BCUT2D eigenvalue weighted by atomic mass is 10.1. The molecule has 0 bridgehead atoms. The van der Waals surface area contributed by atoms with Gasteiger partial charge in [-0.1, -0.05) is 19.1 Å². The van der Waals surface area contributed by atoms with Crippen LogP contribution in [0.2, 0.25) is 0 Å². The van der Waals surface area contributed by atoms with Gasteiger partial charge in [-0.05, 0) is 18.6 Å². The molecule has 0 aliphatic carbocycles. The Morgan fingerprint density at radius 1 is 1.39 bits per heavy atom. The second kappa shape index (κ2) is 4.61. The van der Waals surface area contributed by atoms with E-state index in [1.165, 1.54) is 5.52 Å². The molecule has 0 atom stereocenters. The van der Waals surface area contributed by atoms with Crippen molar-refractivity contribution in [2.75, 3.05) is 24.5 Å². The lowest BCUT2D eigenvalue weighted by molar-refractivity contribution is 0.406. The van der Waals surface area contributed by atoms with E-state index in [1.54, 1.807) is 0 Å². The maximum atomic E-state index is 4.80. The number of imidazole rings is 1. The van der Waals surface area contributed by atoms with Gasteiger partial charge in [0.25, 0.3) is 0 Å². The Morgan fingerprint density at radius 2 is 2.17 bits per heavy atom. The number of nitrogens with zero attached hydrogens (tertiary/aromatic N) is 3. The van der Waals surface area contributed by atoms with Crippen LogP contribution < -0.4 is 10.2 Å². The Labute approximate surface area is 108 Å². The molecule has 2 aromatic rings. The average molecular weight is 244 g/mol. The zero-order valence-corrected chi connectivity index (χ0v) is 11.1. The van der Waals surface area contributed by atoms with Crippen LogP contribution in [0, 0.1) is 0 Å². The van der Waals surface area contributed by atoms with Crippen molar-refractivity contribution < 1.29 is 0 Å². The van der Waals surface area contributed by atoms with Crippen LogP contribution in [-0.4, -0.2) is 35.2 Å². The van der Waals surface area contributed by atoms with Crippen molar-refractivity contribution in [2.24, 2.45) is 7.05 Å². The van der Waals surface area contributed by atoms with E-state index in [0.717, 1.165) is 37.5 Å². The van der Waals surface area contributed by atoms with E-state index in [-0.39, 0.29) is 0 Å². The fourth-order valence-electron chi connectivity index (χ4n) is 2.57. The van der Waals surface area contributed by atoms with Crippen molar-refractivity contribution in [1.82, 2.24) is 14.9 Å². The maximum absolute atomic E-state index is 4.80. The molecule has 0 saturated carbocycles. The zero-order valence-electron chi connectivity index (χ0n) is 11.1. The highest BCUT2D eigenvalue weighted by atomic mass is 15.3. The second-order valence-corrected chi connectivity index (χ2v) is 4.97. The molecule has 18 heavy (non-hydrogen) atoms. The van der Waals surface area contributed by atoms with Crippen LogP contribution in [0.3, 0.4) is 0 Å². The monoisotopic (exact) mass is 244 g/mol. The molecule has 0 amide bonds. The fraction of sp³-hybridized carbons (Fsp3) is 0.500. The lowest BCUT2D eigenvalue weighted by Crippen LogP contribution is -2.58. The van der Waals surface area contributed by atoms with Gasteiger partial charge >= 0.3 is 0 Å². The molecule has 1 aliphatic heterocycles. The molecule has 1 N–H and O–H groups in total. The van der Waals surface area contributed by atoms with Crippen molar-refractivity contribution in [3.63, 3.8) is 0 Å². The highest BCUT2D eigenvalue weighted by Crippen LogP contribution is 2.23. The first-order valence-electron chi connectivity index (χ1n) is 6.70. The normalized spacial score (nSPS) is 15.9. The number of para-hydroxylation sites is 2. The molecule has 1 aliphatic rings. The van der Waals surface area contributed by atoms with Gasteiger partial charge in [0.2, 0.25) is 5.95 Å². The molecule has 3 rings (SSSR count). The third-order valence-corrected chi connectivity index (χ3v) is 3.69. The van der Waals surface area contributed by atoms with Gasteiger partial charge in [0.1, 0.15) is 0 Å². The maximum Gasteiger partial charge on any atom is 0.206 e. The summed E-state index contributed by atoms with van der Waals surface area (Å²) in [5, 5.41) is 3.34. The molecule has 1 aromatic carbocycles. The van der Waals surface area contributed by atoms with Crippen LogP contribution in [0.4, 0.5) is 5.95 Å². The van der Waals surface area contributed by atoms with Crippen LogP contribution in [0.5, 0.6) is 0 Å². The van der Waals surface area contributed by atoms with Crippen LogP contribution in [-0.2, 0) is 7.05 Å². The summed E-state index contributed by atoms with van der Waals surface area (Å²) in [5.41, 5.74) is 2.30. The number of benzene rings is 1. The number of rotatable bonds is 4. The quantitative estimate of drug-likeness (QED) is 0.889. The van der Waals surface area contributed by atoms with Gasteiger partial charge in [-0.2, -0.15) is 0 Å². The smallest absolute Gasteiger partial charge is 0.206 e. The minimum absolute atomic E-state index is 0.598. The summed E-state index contributed by atoms with van der Waals surface area (Å²) in [7, 11) is 2.11. The summed E-state index contributed by atoms with van der Waals surface area (Å²) in [6, 6.07) is 8.94. The third kappa shape index (κ3) is 1.77. The van der Waals surface area contributed by atoms with E-state index >= 15 is 0 Å². The topological polar surface area (TPSA) is 33.1 Å². The van der Waals surface area contributed by atoms with Crippen LogP contribution >= 0.6 is 0 Å². The summed E-state index contributed by atoms with van der Waals surface area (Å²) in [6.07, 6.45) is 1.15. The molecule has 0 unspecified atom stereocenters. The molecule has 1 fully saturated rings. The number of nitrogens with one attached hydrogen (secondary N) is 1. The minimum Gasteiger partial charge on any atom is -0.337 e. The van der Waals surface area contributed by atoms with Gasteiger partial charge in [-0.25, -0.2) is 4.98 Å². The Bertz CT molecular complexity index is 542. The van der Waals surface area contributed by atoms with Crippen molar-refractivity contribution in [3.05, 3.63) is 24.3 Å². The third-order valence-electron chi connectivity index (χ3n) is 3.69. The number of hydrogen-bond acceptors (Lipinski definition) is 3. The van der Waals surface area contributed by atoms with Gasteiger partial charge in [0.15, 0.2) is 0 Å². The first-order chi connectivity index (χ1) is 8.81. The summed E-state index contributed by atoms with van der Waals surface area (Å²) >= 11 is 0. The Balaban J connectivity index is 2.02. The van der Waals surface area contributed by atoms with E-state index in [2.05, 4.69) is 47.0 Å². The fourth-order valence-corrected chi connectivity index (χ4v) is 2.57. The van der Waals surface area contributed by atoms with E-state index in [9.17, 15) is 0 Å². The Kier molecular flexibility index (Phi) is 2.96. The van der Waals surface area contributed by atoms with Crippen molar-refractivity contribution in [2.45, 2.75) is 19.4 Å². The van der Waals surface area contributed by atoms with E-state index in [4.69, 9.17) is 4.98 Å². The van der Waals surface area contributed by atoms with E-state index in [1.807, 2.05) is 6.07 Å². The minimum atomic E-state index is 0.598. The largest absolute Gasteiger partial charge is 0.337 e. The molecule has 1 aromatic heterocycles. The predicted molar refractivity (Wildman–Crippen MR) is 75.0 cm³/mol. The molecule has 4 heteroatoms. The standard InChI is InChI=1S/C14H20N4/c1-3-8-18(11-9-15-10-11)14-16-12-6-4-5-7-13(12)17(14)2/h4-7,11,15H,3,8-10H2,1-2H3. The molecule has 4 nitrogen and oxygen atoms in total. The van der Waals surface area contributed by atoms with Crippen molar-refractivity contribution >= 4 is 17.0 Å². The highest BCUT2D eigenvalue weighted by Gasteiger charge is 2.27. The number of anilines is 1. The first kappa shape index (κ1) is 11.5. The average Bonchev–Trinajstić information content (AvgIpc) is 2.65. The van der Waals surface area contributed by atoms with Gasteiger partial charge in [0.05, 0.1) is 17.1 Å². The summed E-state index contributed by atoms with van der Waals surface area (Å²) in [5.74, 6) is 1.10. The molecule has 0 spiro atoms. The second-order valence-electron chi connectivity index (χ2n) is 4.97. The number of fused-ring (bicyclic) bond motifs is 1. The van der Waals surface area contributed by atoms with Gasteiger partial charge in [-0.3, -0.25) is 0 Å². The number of hydrogen-bond donors (Lipinski definition) is 1. The molecule has 0 radical (unpaired) electrons. The predicted octanol–water partition coefficient (Wildman–Crippen LogP) is 1.76. The van der Waals surface area contributed by atoms with Crippen LogP contribution in [0.25, 0.3) is 11.0 Å². The zero-order chi connectivity index (χ0) is 12.5. The van der Waals surface area contributed by atoms with Crippen LogP contribution in [0.15, 0.2) is 24.3 Å². The van der Waals surface area contributed by atoms with E-state index < -0.39 is 0 Å². The van der Waals surface area contributed by atoms with Gasteiger partial charge < -0.3 is 14.8 Å². The summed E-state index contributed by atoms with van der Waals surface area (Å²) < 4.78 is 2.21. The first-order valence-corrected chi connectivity index (χ1v) is 6.70. The number of aromatic nitrogens is 2. The molecular weight excluding hydrogens is 224 g/mol.